The van der Waals surface area contributed by atoms with Gasteiger partial charge in [-0.05, 0) is 219 Å². The summed E-state index contributed by atoms with van der Waals surface area (Å²) in [5.74, 6) is 0. The second kappa shape index (κ2) is 32.4. The lowest BCUT2D eigenvalue weighted by atomic mass is 9.75. The zero-order valence-electron chi connectivity index (χ0n) is 74.8. The molecule has 0 saturated carbocycles. The minimum Gasteiger partial charge on any atom is -0.134 e. The third-order valence-electron chi connectivity index (χ3n) is 22.7. The minimum absolute atomic E-state index is 0.132. The quantitative estimate of drug-likeness (QED) is 0.0904. The Hall–Kier alpha value is -7.50. The van der Waals surface area contributed by atoms with Crippen molar-refractivity contribution in [1.82, 2.24) is 0 Å². The van der Waals surface area contributed by atoms with Crippen LogP contribution >= 0.6 is 136 Å². The molecule has 0 saturated heterocycles. The summed E-state index contributed by atoms with van der Waals surface area (Å²) >= 11 is 23.7. The molecule has 12 heteroatoms. The SMILES string of the molecule is CC(C)(C)c1c(-c2ccc(-c3ccccc3)s2)sc(-c2ccc(-c3cc(-c4ccc(-c5sc(-c6ccc(-c7ccccc7)s6)c(C(C)(C)C)c5C(C)(C)C)s4)c(-c4ccc(-c5sc(-c6ccc(-c7ccccc7)s6)c(C(C)(C)C)c5C(C)(C)C)s4)cc3-c3ccc(-c4sc(-c5ccc(-c6ccccc6)s5)c(C(C)(C)C)c4C(C)(C)C)s3)s2)c1C(C)(C)C. The Kier molecular flexibility index (Phi) is 23.0. The van der Waals surface area contributed by atoms with Gasteiger partial charge in [-0.2, -0.15) is 0 Å². The molecule has 0 atom stereocenters. The molecule has 0 aliphatic heterocycles. The minimum atomic E-state index is -0.157. The molecule has 622 valence electrons. The van der Waals surface area contributed by atoms with E-state index in [-0.39, 0.29) is 43.3 Å². The zero-order valence-corrected chi connectivity index (χ0v) is 84.6. The first-order valence-electron chi connectivity index (χ1n) is 42.5. The van der Waals surface area contributed by atoms with Crippen molar-refractivity contribution < 1.29 is 0 Å². The van der Waals surface area contributed by atoms with Crippen molar-refractivity contribution in [2.45, 2.75) is 209 Å². The largest absolute Gasteiger partial charge is 0.134 e. The van der Waals surface area contributed by atoms with Gasteiger partial charge in [0.25, 0.3) is 0 Å². The lowest BCUT2D eigenvalue weighted by Gasteiger charge is -2.29. The van der Waals surface area contributed by atoms with Gasteiger partial charge >= 0.3 is 0 Å². The molecule has 12 heterocycles. The molecule has 0 spiro atoms. The Balaban J connectivity index is 0.918. The van der Waals surface area contributed by atoms with E-state index < -0.39 is 0 Å². The smallest absolute Gasteiger partial charge is 0.0490 e. The molecule has 122 heavy (non-hydrogen) atoms. The molecule has 0 radical (unpaired) electrons. The van der Waals surface area contributed by atoms with Crippen LogP contribution in [0.5, 0.6) is 0 Å². The first-order valence-corrected chi connectivity index (χ1v) is 52.3. The monoisotopic (exact) mass is 1810 g/mol. The van der Waals surface area contributed by atoms with Gasteiger partial charge in [-0.1, -0.05) is 287 Å². The fraction of sp³-hybridized carbons (Fsp3) is 0.291. The first kappa shape index (κ1) is 86.6. The highest BCUT2D eigenvalue weighted by Gasteiger charge is 2.41. The molecular formula is C110H110S12. The Morgan fingerprint density at radius 3 is 0.393 bits per heavy atom. The Morgan fingerprint density at radius 2 is 0.254 bits per heavy atom. The van der Waals surface area contributed by atoms with E-state index in [1.54, 1.807) is 0 Å². The summed E-state index contributed by atoms with van der Waals surface area (Å²) in [6.45, 7) is 58.5. The molecular weight excluding hydrogens is 1710 g/mol. The number of thiophene rings is 12. The third kappa shape index (κ3) is 16.8. The van der Waals surface area contributed by atoms with Crippen molar-refractivity contribution in [3.63, 3.8) is 0 Å². The molecule has 12 aromatic heterocycles. The van der Waals surface area contributed by atoms with Crippen molar-refractivity contribution in [3.8, 4) is 162 Å². The topological polar surface area (TPSA) is 0 Å². The van der Waals surface area contributed by atoms with Crippen molar-refractivity contribution in [3.05, 3.63) is 275 Å². The normalized spacial score (nSPS) is 12.9. The summed E-state index contributed by atoms with van der Waals surface area (Å²) in [6, 6.07) is 87.9. The lowest BCUT2D eigenvalue weighted by Crippen LogP contribution is -2.21. The van der Waals surface area contributed by atoms with Crippen LogP contribution in [0.25, 0.3) is 162 Å². The molecule has 5 aromatic carbocycles. The molecule has 17 aromatic rings. The summed E-state index contributed by atoms with van der Waals surface area (Å²) in [5.41, 5.74) is 20.6. The first-order chi connectivity index (χ1) is 57.5. The standard InChI is InChI=1S/C110H110S12/c1-103(2,3)87-91(107(13,14)15)99(119-95(87)79-53-45-71(111-79)63-37-29-25-30-38-63)83-57-49-75(115-83)67-61-69(77-51-59-85(117-77)101-93(109(19,20)21)89(105(7,8)9)97(121-101)81-55-47-73(113-81)65-41-33-27-34-42-65)70(78-52-60-86(118-78)102-94(110(22,23)24)90(106(10,11)12)98(122-102)82-56-48-74(114-82)66-43-35-28-36-44-66)62-68(67)76-50-58-84(116-76)100-92(108(16,17)18)88(104(4,5)6)96(120-100)80-54-46-72(112-80)64-39-31-26-32-40-64/h25-62H,1-24H3. The third-order valence-corrected chi connectivity index (χ3v) is 37.9. The van der Waals surface area contributed by atoms with Crippen LogP contribution in [0.3, 0.4) is 0 Å². The average Bonchev–Trinajstić information content (AvgIpc) is 1.59. The molecule has 17 rings (SSSR count). The van der Waals surface area contributed by atoms with Crippen molar-refractivity contribution in [1.29, 1.82) is 0 Å². The Bertz CT molecular complexity index is 5860. The van der Waals surface area contributed by atoms with E-state index in [9.17, 15) is 0 Å². The number of hydrogen-bond acceptors (Lipinski definition) is 12. The summed E-state index contributed by atoms with van der Waals surface area (Å²) in [6.07, 6.45) is 0. The van der Waals surface area contributed by atoms with Crippen LogP contribution in [0.1, 0.15) is 211 Å². The second-order valence-corrected chi connectivity index (χ2v) is 53.5. The highest BCUT2D eigenvalue weighted by Crippen LogP contribution is 2.62. The van der Waals surface area contributed by atoms with E-state index in [1.807, 2.05) is 136 Å². The van der Waals surface area contributed by atoms with Gasteiger partial charge in [0, 0.05) is 139 Å². The number of rotatable bonds is 16. The van der Waals surface area contributed by atoms with Crippen LogP contribution in [-0.2, 0) is 43.3 Å². The highest BCUT2D eigenvalue weighted by atomic mass is 32.1. The molecule has 0 unspecified atom stereocenters. The summed E-state index contributed by atoms with van der Waals surface area (Å²) in [5, 5.41) is 0. The van der Waals surface area contributed by atoms with Crippen LogP contribution in [0.4, 0.5) is 0 Å². The van der Waals surface area contributed by atoms with E-state index in [4.69, 9.17) is 0 Å². The fourth-order valence-corrected chi connectivity index (χ4v) is 33.6. The van der Waals surface area contributed by atoms with Crippen LogP contribution in [0, 0.1) is 0 Å². The van der Waals surface area contributed by atoms with Crippen LogP contribution in [0.15, 0.2) is 231 Å². The predicted octanol–water partition coefficient (Wildman–Crippen LogP) is 39.5. The van der Waals surface area contributed by atoms with E-state index in [0.717, 1.165) is 0 Å². The number of benzene rings is 5. The summed E-state index contributed by atoms with van der Waals surface area (Å²) < 4.78 is 0. The fourth-order valence-electron chi connectivity index (χ4n) is 17.5. The zero-order chi connectivity index (χ0) is 86.4. The molecule has 0 amide bonds. The van der Waals surface area contributed by atoms with Gasteiger partial charge in [-0.3, -0.25) is 0 Å². The summed E-state index contributed by atoms with van der Waals surface area (Å²) in [7, 11) is 0. The maximum absolute atomic E-state index is 2.66. The molecule has 0 nitrogen and oxygen atoms in total. The molecule has 0 N–H and O–H groups in total. The maximum atomic E-state index is 2.66. The van der Waals surface area contributed by atoms with E-state index in [1.165, 1.54) is 206 Å². The molecule has 0 fully saturated rings. The van der Waals surface area contributed by atoms with Crippen molar-refractivity contribution in [2.75, 3.05) is 0 Å². The van der Waals surface area contributed by atoms with Gasteiger partial charge < -0.3 is 0 Å². The van der Waals surface area contributed by atoms with E-state index in [0.29, 0.717) is 0 Å². The highest BCUT2D eigenvalue weighted by molar-refractivity contribution is 7.31. The maximum Gasteiger partial charge on any atom is 0.0490 e. The van der Waals surface area contributed by atoms with Gasteiger partial charge in [0.15, 0.2) is 0 Å². The van der Waals surface area contributed by atoms with Crippen molar-refractivity contribution in [2.24, 2.45) is 0 Å². The van der Waals surface area contributed by atoms with E-state index >= 15 is 0 Å². The van der Waals surface area contributed by atoms with Gasteiger partial charge in [-0.15, -0.1) is 136 Å². The van der Waals surface area contributed by atoms with Gasteiger partial charge in [0.05, 0.1) is 0 Å². The van der Waals surface area contributed by atoms with Crippen molar-refractivity contribution >= 4 is 136 Å². The van der Waals surface area contributed by atoms with Gasteiger partial charge in [-0.25, -0.2) is 0 Å². The molecule has 0 bridgehead atoms. The molecule has 0 aliphatic carbocycles. The van der Waals surface area contributed by atoms with Gasteiger partial charge in [0.2, 0.25) is 0 Å². The molecule has 0 aliphatic rings. The van der Waals surface area contributed by atoms with Crippen LogP contribution < -0.4 is 0 Å². The van der Waals surface area contributed by atoms with Crippen LogP contribution in [-0.4, -0.2) is 0 Å². The lowest BCUT2D eigenvalue weighted by molar-refractivity contribution is 0.536. The summed E-state index contributed by atoms with van der Waals surface area (Å²) in [4.78, 5) is 31.9. The van der Waals surface area contributed by atoms with Crippen LogP contribution in [0.2, 0.25) is 0 Å². The second-order valence-electron chi connectivity index (χ2n) is 40.8. The predicted molar refractivity (Wildman–Crippen MR) is 558 cm³/mol. The van der Waals surface area contributed by atoms with E-state index in [2.05, 4.69) is 397 Å². The number of hydrogen-bond donors (Lipinski definition) is 0. The Labute approximate surface area is 774 Å². The van der Waals surface area contributed by atoms with Gasteiger partial charge in [0.1, 0.15) is 0 Å². The average molecular weight is 1820 g/mol. The Morgan fingerprint density at radius 1 is 0.131 bits per heavy atom.